The van der Waals surface area contributed by atoms with Gasteiger partial charge in [0.1, 0.15) is 18.5 Å². The fourth-order valence-electron chi connectivity index (χ4n) is 2.79. The van der Waals surface area contributed by atoms with Crippen LogP contribution in [0.2, 0.25) is 5.02 Å². The van der Waals surface area contributed by atoms with Crippen LogP contribution in [0.15, 0.2) is 33.2 Å². The number of nitrogens with zero attached hydrogens (tertiary/aromatic N) is 1. The van der Waals surface area contributed by atoms with Gasteiger partial charge in [-0.15, -0.1) is 0 Å². The number of alkyl halides is 2. The third kappa shape index (κ3) is 3.96. The van der Waals surface area contributed by atoms with E-state index in [0.29, 0.717) is 20.1 Å². The first-order valence-corrected chi connectivity index (χ1v) is 9.53. The quantitative estimate of drug-likeness (QED) is 0.544. The van der Waals surface area contributed by atoms with Crippen molar-refractivity contribution >= 4 is 55.2 Å². The standard InChI is InChI=1S/C17H11Br2ClF3NO3/c18-10-4-12-9(6-27-17(26)24(12)5-13(22)23)15(19)14(10)16(25)8-3-7(21)1-2-11(8)20/h1-4,13,16,25H,5-6H2. The van der Waals surface area contributed by atoms with E-state index in [1.807, 2.05) is 0 Å². The zero-order valence-electron chi connectivity index (χ0n) is 13.4. The van der Waals surface area contributed by atoms with Crippen LogP contribution < -0.4 is 4.90 Å². The topological polar surface area (TPSA) is 49.8 Å². The molecule has 4 nitrogen and oxygen atoms in total. The Labute approximate surface area is 174 Å². The Morgan fingerprint density at radius 2 is 2.00 bits per heavy atom. The monoisotopic (exact) mass is 527 g/mol. The van der Waals surface area contributed by atoms with Gasteiger partial charge < -0.3 is 9.84 Å². The summed E-state index contributed by atoms with van der Waals surface area (Å²) in [6.07, 6.45) is -4.95. The molecular weight excluding hydrogens is 518 g/mol. The fraction of sp³-hybridized carbons (Fsp3) is 0.235. The second-order valence-electron chi connectivity index (χ2n) is 5.71. The van der Waals surface area contributed by atoms with E-state index >= 15 is 0 Å². The van der Waals surface area contributed by atoms with Gasteiger partial charge in [-0.2, -0.15) is 0 Å². The normalized spacial score (nSPS) is 15.0. The summed E-state index contributed by atoms with van der Waals surface area (Å²) < 4.78 is 44.9. The maximum Gasteiger partial charge on any atom is 0.414 e. The third-order valence-electron chi connectivity index (χ3n) is 4.03. The molecule has 2 aromatic rings. The molecule has 1 aliphatic rings. The van der Waals surface area contributed by atoms with Gasteiger partial charge in [-0.25, -0.2) is 18.0 Å². The number of benzene rings is 2. The number of ether oxygens (including phenoxy) is 1. The van der Waals surface area contributed by atoms with Crippen molar-refractivity contribution in [2.24, 2.45) is 0 Å². The number of aliphatic hydroxyl groups is 1. The smallest absolute Gasteiger partial charge is 0.414 e. The second-order valence-corrected chi connectivity index (χ2v) is 7.76. The summed E-state index contributed by atoms with van der Waals surface area (Å²) in [5.41, 5.74) is 1.07. The number of aliphatic hydroxyl groups excluding tert-OH is 1. The van der Waals surface area contributed by atoms with Crippen LogP contribution in [0.1, 0.15) is 22.8 Å². The number of hydrogen-bond donors (Lipinski definition) is 1. The summed E-state index contributed by atoms with van der Waals surface area (Å²) >= 11 is 12.7. The minimum absolute atomic E-state index is 0.134. The van der Waals surface area contributed by atoms with Crippen molar-refractivity contribution in [2.45, 2.75) is 19.1 Å². The highest BCUT2D eigenvalue weighted by Crippen LogP contribution is 2.44. The van der Waals surface area contributed by atoms with Crippen molar-refractivity contribution in [2.75, 3.05) is 11.4 Å². The van der Waals surface area contributed by atoms with E-state index in [0.717, 1.165) is 17.0 Å². The van der Waals surface area contributed by atoms with E-state index in [4.69, 9.17) is 16.3 Å². The molecule has 1 heterocycles. The van der Waals surface area contributed by atoms with E-state index in [-0.39, 0.29) is 22.9 Å². The van der Waals surface area contributed by atoms with Crippen molar-refractivity contribution in [3.05, 3.63) is 60.7 Å². The van der Waals surface area contributed by atoms with Gasteiger partial charge in [-0.05, 0) is 40.2 Å². The zero-order chi connectivity index (χ0) is 19.9. The fourth-order valence-corrected chi connectivity index (χ4v) is 4.66. The lowest BCUT2D eigenvalue weighted by atomic mass is 9.98. The Kier molecular flexibility index (Phi) is 6.05. The molecule has 0 aliphatic carbocycles. The lowest BCUT2D eigenvalue weighted by molar-refractivity contribution is 0.122. The number of cyclic esters (lactones) is 1. The van der Waals surface area contributed by atoms with E-state index in [1.54, 1.807) is 0 Å². The summed E-state index contributed by atoms with van der Waals surface area (Å²) in [6, 6.07) is 5.03. The van der Waals surface area contributed by atoms with Crippen LogP contribution in [0.3, 0.4) is 0 Å². The lowest BCUT2D eigenvalue weighted by Crippen LogP contribution is -2.39. The minimum Gasteiger partial charge on any atom is -0.444 e. The molecule has 0 saturated carbocycles. The number of carbonyl (C=O) groups is 1. The van der Waals surface area contributed by atoms with Gasteiger partial charge >= 0.3 is 6.09 Å². The summed E-state index contributed by atoms with van der Waals surface area (Å²) in [6.45, 7) is -0.999. The highest BCUT2D eigenvalue weighted by Gasteiger charge is 2.33. The van der Waals surface area contributed by atoms with Gasteiger partial charge in [0.05, 0.1) is 12.2 Å². The van der Waals surface area contributed by atoms with Crippen LogP contribution in [-0.2, 0) is 11.3 Å². The molecule has 1 N–H and O–H groups in total. The van der Waals surface area contributed by atoms with Crippen molar-refractivity contribution in [3.63, 3.8) is 0 Å². The van der Waals surface area contributed by atoms with Gasteiger partial charge in [-0.3, -0.25) is 4.90 Å². The molecule has 144 valence electrons. The molecule has 2 aromatic carbocycles. The summed E-state index contributed by atoms with van der Waals surface area (Å²) in [5.74, 6) is -0.573. The number of halogens is 6. The van der Waals surface area contributed by atoms with E-state index in [9.17, 15) is 23.1 Å². The molecular formula is C17H11Br2ClF3NO3. The first kappa shape index (κ1) is 20.4. The Morgan fingerprint density at radius 1 is 1.30 bits per heavy atom. The summed E-state index contributed by atoms with van der Waals surface area (Å²) in [7, 11) is 0. The Balaban J connectivity index is 2.12. The van der Waals surface area contributed by atoms with E-state index in [2.05, 4.69) is 31.9 Å². The first-order chi connectivity index (χ1) is 12.7. The highest BCUT2D eigenvalue weighted by molar-refractivity contribution is 9.11. The van der Waals surface area contributed by atoms with Gasteiger partial charge in [0.25, 0.3) is 6.43 Å². The second kappa shape index (κ2) is 7.98. The molecule has 10 heteroatoms. The summed E-state index contributed by atoms with van der Waals surface area (Å²) in [5, 5.41) is 10.9. The predicted octanol–water partition coefficient (Wildman–Crippen LogP) is 5.81. The molecule has 0 fully saturated rings. The summed E-state index contributed by atoms with van der Waals surface area (Å²) in [4.78, 5) is 12.7. The van der Waals surface area contributed by atoms with Crippen molar-refractivity contribution in [1.29, 1.82) is 0 Å². The largest absolute Gasteiger partial charge is 0.444 e. The zero-order valence-corrected chi connectivity index (χ0v) is 17.3. The van der Waals surface area contributed by atoms with Crippen LogP contribution in [0, 0.1) is 5.82 Å². The molecule has 0 aromatic heterocycles. The van der Waals surface area contributed by atoms with E-state index < -0.39 is 31.0 Å². The molecule has 1 amide bonds. The van der Waals surface area contributed by atoms with Gasteiger partial charge in [0, 0.05) is 30.7 Å². The molecule has 0 saturated heterocycles. The lowest BCUT2D eigenvalue weighted by Gasteiger charge is -2.31. The van der Waals surface area contributed by atoms with Crippen molar-refractivity contribution in [1.82, 2.24) is 0 Å². The van der Waals surface area contributed by atoms with Crippen molar-refractivity contribution < 1.29 is 27.8 Å². The van der Waals surface area contributed by atoms with Crippen LogP contribution >= 0.6 is 43.5 Å². The Morgan fingerprint density at radius 3 is 2.67 bits per heavy atom. The number of rotatable bonds is 4. The predicted molar refractivity (Wildman–Crippen MR) is 101 cm³/mol. The number of hydrogen-bond acceptors (Lipinski definition) is 3. The average molecular weight is 530 g/mol. The minimum atomic E-state index is -2.75. The number of amides is 1. The van der Waals surface area contributed by atoms with Crippen molar-refractivity contribution in [3.8, 4) is 0 Å². The van der Waals surface area contributed by atoms with Crippen LogP contribution in [0.5, 0.6) is 0 Å². The molecule has 0 bridgehead atoms. The Hall–Kier alpha value is -1.29. The molecule has 1 unspecified atom stereocenters. The van der Waals surface area contributed by atoms with Gasteiger partial charge in [0.2, 0.25) is 0 Å². The van der Waals surface area contributed by atoms with Crippen LogP contribution in [0.25, 0.3) is 0 Å². The third-order valence-corrected chi connectivity index (χ3v) is 5.94. The van der Waals surface area contributed by atoms with Gasteiger partial charge in [-0.1, -0.05) is 27.5 Å². The maximum absolute atomic E-state index is 13.6. The van der Waals surface area contributed by atoms with Crippen LogP contribution in [0.4, 0.5) is 23.7 Å². The van der Waals surface area contributed by atoms with Gasteiger partial charge in [0.15, 0.2) is 0 Å². The molecule has 27 heavy (non-hydrogen) atoms. The molecule has 3 rings (SSSR count). The highest BCUT2D eigenvalue weighted by atomic mass is 79.9. The van der Waals surface area contributed by atoms with E-state index in [1.165, 1.54) is 12.1 Å². The number of anilines is 1. The molecule has 0 spiro atoms. The molecule has 1 atom stereocenters. The number of fused-ring (bicyclic) bond motifs is 1. The first-order valence-electron chi connectivity index (χ1n) is 7.57. The maximum atomic E-state index is 13.6. The number of carbonyl (C=O) groups excluding carboxylic acids is 1. The molecule has 0 radical (unpaired) electrons. The molecule has 1 aliphatic heterocycles. The average Bonchev–Trinajstić information content (AvgIpc) is 2.59. The Bertz CT molecular complexity index is 913. The van der Waals surface area contributed by atoms with Crippen LogP contribution in [-0.4, -0.2) is 24.2 Å². The SMILES string of the molecule is O=C1OCc2c(cc(Br)c(C(O)c3cc(F)ccc3Cl)c2Br)N1CC(F)F.